The number of benzene rings is 2. The van der Waals surface area contributed by atoms with E-state index in [2.05, 4.69) is 21.2 Å². The number of amides is 2. The van der Waals surface area contributed by atoms with Crippen LogP contribution >= 0.6 is 15.9 Å². The van der Waals surface area contributed by atoms with Crippen LogP contribution in [0.2, 0.25) is 0 Å². The van der Waals surface area contributed by atoms with Gasteiger partial charge >= 0.3 is 0 Å². The second-order valence-electron chi connectivity index (χ2n) is 5.59. The quantitative estimate of drug-likeness (QED) is 0.852. The molecule has 0 atom stereocenters. The van der Waals surface area contributed by atoms with E-state index in [0.29, 0.717) is 45.9 Å². The number of methoxy groups -OCH3 is 1. The molecule has 0 bridgehead atoms. The Balaban J connectivity index is 1.88. The summed E-state index contributed by atoms with van der Waals surface area (Å²) in [6.07, 6.45) is 0. The Bertz CT molecular complexity index is 838. The first-order chi connectivity index (χ1) is 12.0. The van der Waals surface area contributed by atoms with E-state index in [1.54, 1.807) is 55.5 Å². The average Bonchev–Trinajstić information content (AvgIpc) is 2.75. The Morgan fingerprint density at radius 1 is 1.28 bits per heavy atom. The Morgan fingerprint density at radius 2 is 2.08 bits per heavy atom. The number of rotatable bonds is 3. The van der Waals surface area contributed by atoms with Crippen molar-refractivity contribution in [3.63, 3.8) is 0 Å². The fourth-order valence-electron chi connectivity index (χ4n) is 2.50. The molecule has 0 radical (unpaired) electrons. The summed E-state index contributed by atoms with van der Waals surface area (Å²) in [7, 11) is 3.26. The second kappa shape index (κ2) is 7.14. The molecule has 25 heavy (non-hydrogen) atoms. The number of carbonyl (C=O) groups is 2. The van der Waals surface area contributed by atoms with Gasteiger partial charge in [0, 0.05) is 17.2 Å². The predicted molar refractivity (Wildman–Crippen MR) is 97.5 cm³/mol. The fraction of sp³-hybridized carbons (Fsp3) is 0.222. The third-order valence-corrected chi connectivity index (χ3v) is 4.61. The molecule has 2 amide bonds. The molecular formula is C18H17BrN2O4. The minimum Gasteiger partial charge on any atom is -0.497 e. The Hall–Kier alpha value is -2.54. The van der Waals surface area contributed by atoms with Crippen LogP contribution in [-0.4, -0.2) is 44.0 Å². The molecule has 1 aliphatic heterocycles. The van der Waals surface area contributed by atoms with Crippen molar-refractivity contribution in [1.29, 1.82) is 0 Å². The van der Waals surface area contributed by atoms with Gasteiger partial charge in [0.05, 0.1) is 24.8 Å². The van der Waals surface area contributed by atoms with Gasteiger partial charge in [-0.1, -0.05) is 0 Å². The van der Waals surface area contributed by atoms with E-state index in [9.17, 15) is 9.59 Å². The SMILES string of the molecule is COc1ccc(Br)c(C(=O)Nc2ccc3c(c2)C(=O)N(C)CCO3)c1. The molecule has 130 valence electrons. The van der Waals surface area contributed by atoms with Crippen LogP contribution in [0.15, 0.2) is 40.9 Å². The summed E-state index contributed by atoms with van der Waals surface area (Å²) in [4.78, 5) is 26.5. The van der Waals surface area contributed by atoms with Crippen LogP contribution in [0.25, 0.3) is 0 Å². The number of carbonyl (C=O) groups excluding carboxylic acids is 2. The minimum atomic E-state index is -0.305. The Morgan fingerprint density at radius 3 is 2.84 bits per heavy atom. The highest BCUT2D eigenvalue weighted by Crippen LogP contribution is 2.28. The van der Waals surface area contributed by atoms with Crippen molar-refractivity contribution < 1.29 is 19.1 Å². The Kier molecular flexibility index (Phi) is 4.94. The van der Waals surface area contributed by atoms with Crippen molar-refractivity contribution in [2.24, 2.45) is 0 Å². The summed E-state index contributed by atoms with van der Waals surface area (Å²) >= 11 is 3.36. The van der Waals surface area contributed by atoms with Gasteiger partial charge in [-0.25, -0.2) is 0 Å². The molecule has 1 N–H and O–H groups in total. The smallest absolute Gasteiger partial charge is 0.257 e. The van der Waals surface area contributed by atoms with Crippen LogP contribution < -0.4 is 14.8 Å². The van der Waals surface area contributed by atoms with Gasteiger partial charge in [-0.3, -0.25) is 9.59 Å². The van der Waals surface area contributed by atoms with Crippen LogP contribution in [0.1, 0.15) is 20.7 Å². The maximum absolute atomic E-state index is 12.6. The molecule has 0 unspecified atom stereocenters. The Labute approximate surface area is 153 Å². The van der Waals surface area contributed by atoms with E-state index in [4.69, 9.17) is 9.47 Å². The lowest BCUT2D eigenvalue weighted by atomic mass is 10.1. The summed E-state index contributed by atoms with van der Waals surface area (Å²) in [6.45, 7) is 0.962. The summed E-state index contributed by atoms with van der Waals surface area (Å²) in [5.74, 6) is 0.669. The number of nitrogens with one attached hydrogen (secondary N) is 1. The van der Waals surface area contributed by atoms with Crippen molar-refractivity contribution in [1.82, 2.24) is 4.90 Å². The van der Waals surface area contributed by atoms with Crippen molar-refractivity contribution in [2.45, 2.75) is 0 Å². The third kappa shape index (κ3) is 3.61. The number of hydrogen-bond donors (Lipinski definition) is 1. The van der Waals surface area contributed by atoms with Crippen molar-refractivity contribution in [2.75, 3.05) is 32.6 Å². The molecule has 0 aliphatic carbocycles. The number of fused-ring (bicyclic) bond motifs is 1. The number of halogens is 1. The van der Waals surface area contributed by atoms with Gasteiger partial charge in [-0.2, -0.15) is 0 Å². The zero-order chi connectivity index (χ0) is 18.0. The van der Waals surface area contributed by atoms with E-state index < -0.39 is 0 Å². The van der Waals surface area contributed by atoms with Gasteiger partial charge in [-0.05, 0) is 52.3 Å². The molecule has 7 heteroatoms. The van der Waals surface area contributed by atoms with Crippen LogP contribution in [-0.2, 0) is 0 Å². The lowest BCUT2D eigenvalue weighted by molar-refractivity contribution is 0.0796. The lowest BCUT2D eigenvalue weighted by Crippen LogP contribution is -2.27. The molecule has 1 heterocycles. The van der Waals surface area contributed by atoms with Gasteiger partial charge in [0.1, 0.15) is 18.1 Å². The van der Waals surface area contributed by atoms with Crippen molar-refractivity contribution in [3.05, 3.63) is 52.0 Å². The molecule has 2 aromatic rings. The van der Waals surface area contributed by atoms with E-state index >= 15 is 0 Å². The highest BCUT2D eigenvalue weighted by molar-refractivity contribution is 9.10. The zero-order valence-electron chi connectivity index (χ0n) is 13.8. The molecule has 6 nitrogen and oxygen atoms in total. The van der Waals surface area contributed by atoms with E-state index in [1.165, 1.54) is 0 Å². The van der Waals surface area contributed by atoms with Gasteiger partial charge in [0.15, 0.2) is 0 Å². The van der Waals surface area contributed by atoms with Crippen molar-refractivity contribution in [3.8, 4) is 11.5 Å². The van der Waals surface area contributed by atoms with Gasteiger partial charge in [-0.15, -0.1) is 0 Å². The summed E-state index contributed by atoms with van der Waals surface area (Å²) in [5, 5.41) is 2.81. The molecule has 0 saturated carbocycles. The van der Waals surface area contributed by atoms with Crippen LogP contribution in [0.5, 0.6) is 11.5 Å². The van der Waals surface area contributed by atoms with E-state index in [0.717, 1.165) is 0 Å². The number of hydrogen-bond acceptors (Lipinski definition) is 4. The first-order valence-corrected chi connectivity index (χ1v) is 8.46. The second-order valence-corrected chi connectivity index (χ2v) is 6.44. The number of likely N-dealkylation sites (N-methyl/N-ethyl adjacent to an activating group) is 1. The summed E-state index contributed by atoms with van der Waals surface area (Å²) in [6, 6.07) is 10.2. The molecule has 0 saturated heterocycles. The molecule has 2 aromatic carbocycles. The topological polar surface area (TPSA) is 67.9 Å². The summed E-state index contributed by atoms with van der Waals surface area (Å²) in [5.41, 5.74) is 1.39. The molecule has 1 aliphatic rings. The van der Waals surface area contributed by atoms with Crippen LogP contribution in [0.3, 0.4) is 0 Å². The van der Waals surface area contributed by atoms with E-state index in [-0.39, 0.29) is 11.8 Å². The highest BCUT2D eigenvalue weighted by Gasteiger charge is 2.22. The average molecular weight is 405 g/mol. The van der Waals surface area contributed by atoms with E-state index in [1.807, 2.05) is 0 Å². The lowest BCUT2D eigenvalue weighted by Gasteiger charge is -2.13. The largest absolute Gasteiger partial charge is 0.497 e. The molecule has 3 rings (SSSR count). The number of nitrogens with zero attached hydrogens (tertiary/aromatic N) is 1. The minimum absolute atomic E-state index is 0.133. The molecule has 0 spiro atoms. The predicted octanol–water partition coefficient (Wildman–Crippen LogP) is 3.17. The maximum atomic E-state index is 12.6. The fourth-order valence-corrected chi connectivity index (χ4v) is 2.93. The van der Waals surface area contributed by atoms with Crippen molar-refractivity contribution >= 4 is 33.4 Å². The molecule has 0 fully saturated rings. The monoisotopic (exact) mass is 404 g/mol. The standard InChI is InChI=1S/C18H17BrN2O4/c1-21-7-8-25-16-6-3-11(9-14(16)18(21)23)20-17(22)13-10-12(24-2)4-5-15(13)19/h3-6,9-10H,7-8H2,1-2H3,(H,20,22). The molecule has 0 aromatic heterocycles. The van der Waals surface area contributed by atoms with Gasteiger partial charge in [0.25, 0.3) is 11.8 Å². The van der Waals surface area contributed by atoms with Crippen LogP contribution in [0, 0.1) is 0 Å². The van der Waals surface area contributed by atoms with Crippen LogP contribution in [0.4, 0.5) is 5.69 Å². The summed E-state index contributed by atoms with van der Waals surface area (Å²) < 4.78 is 11.4. The van der Waals surface area contributed by atoms with Gasteiger partial charge in [0.2, 0.25) is 0 Å². The normalized spacial score (nSPS) is 13.6. The molecular weight excluding hydrogens is 388 g/mol. The highest BCUT2D eigenvalue weighted by atomic mass is 79.9. The first kappa shape index (κ1) is 17.3. The zero-order valence-corrected chi connectivity index (χ0v) is 15.4. The first-order valence-electron chi connectivity index (χ1n) is 7.67. The number of anilines is 1. The maximum Gasteiger partial charge on any atom is 0.257 e. The van der Waals surface area contributed by atoms with Gasteiger partial charge < -0.3 is 19.7 Å². The number of ether oxygens (including phenoxy) is 2. The third-order valence-electron chi connectivity index (χ3n) is 3.92.